The Morgan fingerprint density at radius 1 is 1.25 bits per heavy atom. The predicted molar refractivity (Wildman–Crippen MR) is 35.6 cm³/mol. The second-order valence-corrected chi connectivity index (χ2v) is 2.23. The molecule has 0 atom stereocenters. The maximum atomic E-state index is 10.8. The van der Waals surface area contributed by atoms with Gasteiger partial charge in [-0.05, 0) is 6.07 Å². The Bertz CT molecular complexity index is 288. The number of esters is 1. The van der Waals surface area contributed by atoms with E-state index in [1.54, 1.807) is 6.07 Å². The van der Waals surface area contributed by atoms with E-state index in [-0.39, 0.29) is 47.9 Å². The zero-order chi connectivity index (χ0) is 6.97. The molecular weight excluding hydrogens is 187 g/mol. The van der Waals surface area contributed by atoms with E-state index in [9.17, 15) is 4.79 Å². The van der Waals surface area contributed by atoms with Crippen molar-refractivity contribution >= 4 is 5.97 Å². The molecule has 2 nitrogen and oxygen atoms in total. The second kappa shape index (κ2) is 4.87. The maximum Gasteiger partial charge on any atom is 1.00 e. The molecule has 0 saturated carbocycles. The van der Waals surface area contributed by atoms with Gasteiger partial charge in [-0.1, -0.05) is 18.2 Å². The minimum absolute atomic E-state index is 0. The quantitative estimate of drug-likeness (QED) is 0.305. The molecule has 0 unspecified atom stereocenters. The molecule has 0 fully saturated rings. The van der Waals surface area contributed by atoms with Crippen LogP contribution in [0.25, 0.3) is 0 Å². The number of fused-ring (bicyclic) bond motifs is 1. The molecule has 1 aliphatic heterocycles. The van der Waals surface area contributed by atoms with Crippen molar-refractivity contribution in [3.05, 3.63) is 35.4 Å². The monoisotopic (exact) mass is 192 g/mol. The summed E-state index contributed by atoms with van der Waals surface area (Å²) in [5.41, 5.74) is 1.70. The molecule has 1 aromatic carbocycles. The van der Waals surface area contributed by atoms with Crippen LogP contribution in [0.4, 0.5) is 0 Å². The van der Waals surface area contributed by atoms with Crippen molar-refractivity contribution in [2.45, 2.75) is 6.61 Å². The zero-order valence-corrected chi connectivity index (χ0v) is 9.47. The molecule has 2 rings (SSSR count). The van der Waals surface area contributed by atoms with Crippen molar-refractivity contribution in [3.8, 4) is 0 Å². The number of hydrogen-bond acceptors (Lipinski definition) is 2. The maximum absolute atomic E-state index is 10.8. The van der Waals surface area contributed by atoms with Crippen LogP contribution in [-0.2, 0) is 11.3 Å². The van der Waals surface area contributed by atoms with Gasteiger partial charge in [0.25, 0.3) is 0 Å². The van der Waals surface area contributed by atoms with Gasteiger partial charge in [-0.25, -0.2) is 4.79 Å². The van der Waals surface area contributed by atoms with Crippen molar-refractivity contribution in [1.29, 1.82) is 0 Å². The first-order valence-electron chi connectivity index (χ1n) is 3.13. The molecule has 4 heteroatoms. The third-order valence-corrected chi connectivity index (χ3v) is 1.60. The molecule has 1 aromatic rings. The first-order valence-corrected chi connectivity index (χ1v) is 3.13. The van der Waals surface area contributed by atoms with Crippen LogP contribution >= 0.6 is 0 Å². The SMILES string of the molecule is O=C1OCc2ccccc21.[Cl-].[Na+]. The van der Waals surface area contributed by atoms with Crippen molar-refractivity contribution < 1.29 is 51.5 Å². The van der Waals surface area contributed by atoms with E-state index in [0.29, 0.717) is 12.2 Å². The van der Waals surface area contributed by atoms with E-state index in [0.717, 1.165) is 5.56 Å². The minimum Gasteiger partial charge on any atom is -1.00 e. The standard InChI is InChI=1S/C8H6O2.ClH.Na/c9-8-7-4-2-1-3-6(7)5-10-8;;/h1-4H,5H2;1H;/q;;+1/p-1. The van der Waals surface area contributed by atoms with E-state index >= 15 is 0 Å². The fourth-order valence-corrected chi connectivity index (χ4v) is 1.07. The second-order valence-electron chi connectivity index (χ2n) is 2.23. The molecule has 1 heterocycles. The summed E-state index contributed by atoms with van der Waals surface area (Å²) in [5.74, 6) is -0.199. The molecule has 12 heavy (non-hydrogen) atoms. The van der Waals surface area contributed by atoms with Crippen LogP contribution in [0.1, 0.15) is 15.9 Å². The Kier molecular flexibility index (Phi) is 4.87. The van der Waals surface area contributed by atoms with Crippen LogP contribution in [0.2, 0.25) is 0 Å². The normalized spacial score (nSPS) is 12.2. The minimum atomic E-state index is -0.199. The zero-order valence-electron chi connectivity index (χ0n) is 6.71. The van der Waals surface area contributed by atoms with Crippen molar-refractivity contribution in [2.75, 3.05) is 0 Å². The van der Waals surface area contributed by atoms with E-state index in [4.69, 9.17) is 4.74 Å². The number of halogens is 1. The first-order chi connectivity index (χ1) is 4.88. The van der Waals surface area contributed by atoms with Gasteiger partial charge in [0.15, 0.2) is 0 Å². The number of rotatable bonds is 0. The molecule has 58 valence electrons. The largest absolute Gasteiger partial charge is 1.00 e. The Balaban J connectivity index is 0.000000605. The van der Waals surface area contributed by atoms with Crippen molar-refractivity contribution in [1.82, 2.24) is 0 Å². The third kappa shape index (κ3) is 2.02. The van der Waals surface area contributed by atoms with Crippen molar-refractivity contribution in [2.24, 2.45) is 0 Å². The van der Waals surface area contributed by atoms with Gasteiger partial charge < -0.3 is 17.1 Å². The van der Waals surface area contributed by atoms with Crippen LogP contribution in [0, 0.1) is 0 Å². The average Bonchev–Trinajstić information content (AvgIpc) is 2.34. The molecule has 0 amide bonds. The average molecular weight is 193 g/mol. The number of cyclic esters (lactones) is 1. The third-order valence-electron chi connectivity index (χ3n) is 1.60. The van der Waals surface area contributed by atoms with E-state index < -0.39 is 0 Å². The van der Waals surface area contributed by atoms with Crippen LogP contribution in [0.3, 0.4) is 0 Å². The number of hydrogen-bond donors (Lipinski definition) is 0. The van der Waals surface area contributed by atoms with Gasteiger partial charge in [0.2, 0.25) is 0 Å². The van der Waals surface area contributed by atoms with E-state index in [1.165, 1.54) is 0 Å². The van der Waals surface area contributed by atoms with Gasteiger partial charge in [-0.2, -0.15) is 0 Å². The molecule has 0 bridgehead atoms. The summed E-state index contributed by atoms with van der Waals surface area (Å²) in [4.78, 5) is 10.8. The summed E-state index contributed by atoms with van der Waals surface area (Å²) in [6.45, 7) is 0.439. The number of benzene rings is 1. The fourth-order valence-electron chi connectivity index (χ4n) is 1.07. The summed E-state index contributed by atoms with van der Waals surface area (Å²) < 4.78 is 4.78. The van der Waals surface area contributed by atoms with Gasteiger partial charge in [0.05, 0.1) is 5.56 Å². The molecule has 0 saturated heterocycles. The Hall–Kier alpha value is -0.0200. The summed E-state index contributed by atoms with van der Waals surface area (Å²) in [6.07, 6.45) is 0. The van der Waals surface area contributed by atoms with Crippen LogP contribution in [0.15, 0.2) is 24.3 Å². The molecule has 1 aliphatic rings. The van der Waals surface area contributed by atoms with Gasteiger partial charge >= 0.3 is 35.5 Å². The molecule has 0 spiro atoms. The molecule has 0 radical (unpaired) electrons. The predicted octanol–water partition coefficient (Wildman–Crippen LogP) is -4.63. The Morgan fingerprint density at radius 3 is 2.58 bits per heavy atom. The van der Waals surface area contributed by atoms with Gasteiger partial charge in [0, 0.05) is 5.56 Å². The molecular formula is C8H6ClNaO2. The van der Waals surface area contributed by atoms with E-state index in [1.807, 2.05) is 18.2 Å². The Morgan fingerprint density at radius 2 is 1.92 bits per heavy atom. The summed E-state index contributed by atoms with van der Waals surface area (Å²) >= 11 is 0. The Labute approximate surface area is 99.0 Å². The van der Waals surface area contributed by atoms with Gasteiger partial charge in [-0.15, -0.1) is 0 Å². The van der Waals surface area contributed by atoms with Gasteiger partial charge in [-0.3, -0.25) is 0 Å². The van der Waals surface area contributed by atoms with Crippen LogP contribution in [-0.4, -0.2) is 5.97 Å². The van der Waals surface area contributed by atoms with Crippen LogP contribution < -0.4 is 42.0 Å². The molecule has 0 N–H and O–H groups in total. The van der Waals surface area contributed by atoms with Crippen molar-refractivity contribution in [3.63, 3.8) is 0 Å². The summed E-state index contributed by atoms with van der Waals surface area (Å²) in [6, 6.07) is 7.43. The number of carbonyl (C=O) groups excluding carboxylic acids is 1. The van der Waals surface area contributed by atoms with E-state index in [2.05, 4.69) is 0 Å². The fraction of sp³-hybridized carbons (Fsp3) is 0.125. The van der Waals surface area contributed by atoms with Crippen LogP contribution in [0.5, 0.6) is 0 Å². The topological polar surface area (TPSA) is 26.3 Å². The summed E-state index contributed by atoms with van der Waals surface area (Å²) in [7, 11) is 0. The summed E-state index contributed by atoms with van der Waals surface area (Å²) in [5, 5.41) is 0. The first kappa shape index (κ1) is 12.0. The molecule has 0 aliphatic carbocycles. The molecule has 0 aromatic heterocycles. The smallest absolute Gasteiger partial charge is 1.00 e. The van der Waals surface area contributed by atoms with Gasteiger partial charge in [0.1, 0.15) is 6.61 Å². The number of carbonyl (C=O) groups is 1. The number of ether oxygens (including phenoxy) is 1.